The number of aryl methyl sites for hydroxylation is 2. The van der Waals surface area contributed by atoms with Crippen molar-refractivity contribution in [2.24, 2.45) is 0 Å². The molecule has 0 saturated carbocycles. The van der Waals surface area contributed by atoms with Crippen LogP contribution < -0.4 is 5.32 Å². The Hall–Kier alpha value is -1.26. The first kappa shape index (κ1) is 15.1. The highest BCUT2D eigenvalue weighted by Crippen LogP contribution is 2.25. The Morgan fingerprint density at radius 1 is 1.15 bits per heavy atom. The summed E-state index contributed by atoms with van der Waals surface area (Å²) in [7, 11) is 0. The molecule has 108 valence electrons. The number of hydrogen-bond acceptors (Lipinski definition) is 4. The molecule has 0 aliphatic heterocycles. The van der Waals surface area contributed by atoms with E-state index in [4.69, 9.17) is 0 Å². The van der Waals surface area contributed by atoms with Gasteiger partial charge < -0.3 is 5.32 Å². The molecule has 1 unspecified atom stereocenters. The Kier molecular flexibility index (Phi) is 6.15. The van der Waals surface area contributed by atoms with Crippen molar-refractivity contribution in [1.82, 2.24) is 14.9 Å². The fraction of sp³-hybridized carbons (Fsp3) is 0.500. The van der Waals surface area contributed by atoms with E-state index in [1.54, 1.807) is 11.5 Å². The molecule has 1 aromatic carbocycles. The normalized spacial score (nSPS) is 12.5. The number of rotatable bonds is 8. The molecule has 0 aliphatic rings. The second-order valence-electron chi connectivity index (χ2n) is 4.97. The molecule has 1 atom stereocenters. The highest BCUT2D eigenvalue weighted by Gasteiger charge is 2.17. The molecule has 4 heteroatoms. The first-order chi connectivity index (χ1) is 9.85. The van der Waals surface area contributed by atoms with Crippen molar-refractivity contribution in [3.05, 3.63) is 46.5 Å². The van der Waals surface area contributed by atoms with Crippen molar-refractivity contribution >= 4 is 11.5 Å². The lowest BCUT2D eigenvalue weighted by Gasteiger charge is -2.17. The van der Waals surface area contributed by atoms with E-state index in [0.29, 0.717) is 6.04 Å². The Bertz CT molecular complexity index is 495. The van der Waals surface area contributed by atoms with Gasteiger partial charge in [-0.15, -0.1) is 5.10 Å². The zero-order chi connectivity index (χ0) is 14.2. The fourth-order valence-electron chi connectivity index (χ4n) is 2.42. The lowest BCUT2D eigenvalue weighted by Crippen LogP contribution is -2.21. The number of hydrogen-bond donors (Lipinski definition) is 1. The van der Waals surface area contributed by atoms with Crippen LogP contribution in [0.25, 0.3) is 0 Å². The molecule has 2 rings (SSSR count). The van der Waals surface area contributed by atoms with E-state index in [1.807, 2.05) is 0 Å². The monoisotopic (exact) mass is 289 g/mol. The van der Waals surface area contributed by atoms with Crippen LogP contribution in [-0.2, 0) is 12.8 Å². The summed E-state index contributed by atoms with van der Waals surface area (Å²) >= 11 is 1.55. The van der Waals surface area contributed by atoms with Gasteiger partial charge >= 0.3 is 0 Å². The smallest absolute Gasteiger partial charge is 0.0803 e. The van der Waals surface area contributed by atoms with Crippen molar-refractivity contribution in [1.29, 1.82) is 0 Å². The molecule has 1 N–H and O–H groups in total. The van der Waals surface area contributed by atoms with Gasteiger partial charge in [0.2, 0.25) is 0 Å². The number of nitrogens with one attached hydrogen (secondary N) is 1. The molecule has 2 aromatic rings. The van der Waals surface area contributed by atoms with Gasteiger partial charge in [-0.3, -0.25) is 0 Å². The summed E-state index contributed by atoms with van der Waals surface area (Å²) in [6.45, 7) is 5.32. The van der Waals surface area contributed by atoms with E-state index < -0.39 is 0 Å². The lowest BCUT2D eigenvalue weighted by atomic mass is 10.0. The second kappa shape index (κ2) is 8.12. The third-order valence-electron chi connectivity index (χ3n) is 3.40. The van der Waals surface area contributed by atoms with Crippen LogP contribution in [0.15, 0.2) is 30.3 Å². The first-order valence-corrected chi connectivity index (χ1v) is 8.20. The topological polar surface area (TPSA) is 37.8 Å². The third kappa shape index (κ3) is 4.12. The van der Waals surface area contributed by atoms with Gasteiger partial charge in [0.15, 0.2) is 0 Å². The quantitative estimate of drug-likeness (QED) is 0.804. The molecule has 0 radical (unpaired) electrons. The molecular formula is C16H23N3S. The summed E-state index contributed by atoms with van der Waals surface area (Å²) in [5.41, 5.74) is 2.57. The molecule has 0 saturated heterocycles. The predicted molar refractivity (Wildman–Crippen MR) is 85.1 cm³/mol. The van der Waals surface area contributed by atoms with Crippen LogP contribution in [0.5, 0.6) is 0 Å². The summed E-state index contributed by atoms with van der Waals surface area (Å²) in [6, 6.07) is 11.0. The van der Waals surface area contributed by atoms with Crippen molar-refractivity contribution in [2.75, 3.05) is 6.54 Å². The summed E-state index contributed by atoms with van der Waals surface area (Å²) in [5.74, 6) is 0. The minimum Gasteiger partial charge on any atom is -0.309 e. The van der Waals surface area contributed by atoms with Gasteiger partial charge in [0, 0.05) is 6.04 Å². The number of benzene rings is 1. The minimum atomic E-state index is 0.377. The molecule has 0 aliphatic carbocycles. The summed E-state index contributed by atoms with van der Waals surface area (Å²) in [4.78, 5) is 1.32. The average Bonchev–Trinajstić information content (AvgIpc) is 2.93. The van der Waals surface area contributed by atoms with Crippen LogP contribution in [0, 0.1) is 0 Å². The standard InChI is InChI=1S/C16H23N3S/c1-3-8-15-16(20-19-18-15)14(17-4-2)12-11-13-9-6-5-7-10-13/h5-7,9-10,14,17H,3-4,8,11-12H2,1-2H3. The maximum atomic E-state index is 4.29. The van der Waals surface area contributed by atoms with Crippen molar-refractivity contribution in [2.45, 2.75) is 45.6 Å². The van der Waals surface area contributed by atoms with Gasteiger partial charge in [0.25, 0.3) is 0 Å². The van der Waals surface area contributed by atoms with Crippen molar-refractivity contribution in [3.8, 4) is 0 Å². The second-order valence-corrected chi connectivity index (χ2v) is 5.75. The van der Waals surface area contributed by atoms with Crippen LogP contribution in [0.2, 0.25) is 0 Å². The van der Waals surface area contributed by atoms with Gasteiger partial charge in [0.05, 0.1) is 10.6 Å². The molecule has 0 fully saturated rings. The van der Waals surface area contributed by atoms with Crippen LogP contribution in [0.4, 0.5) is 0 Å². The summed E-state index contributed by atoms with van der Waals surface area (Å²) < 4.78 is 4.15. The maximum absolute atomic E-state index is 4.29. The SMILES string of the molecule is CCCc1nnsc1C(CCc1ccccc1)NCC. The van der Waals surface area contributed by atoms with Crippen LogP contribution in [0.3, 0.4) is 0 Å². The Labute approximate surface area is 125 Å². The van der Waals surface area contributed by atoms with Gasteiger partial charge in [-0.05, 0) is 42.9 Å². The lowest BCUT2D eigenvalue weighted by molar-refractivity contribution is 0.518. The van der Waals surface area contributed by atoms with E-state index in [1.165, 1.54) is 16.1 Å². The largest absolute Gasteiger partial charge is 0.309 e. The zero-order valence-corrected chi connectivity index (χ0v) is 13.1. The molecule has 0 spiro atoms. The number of nitrogens with zero attached hydrogens (tertiary/aromatic N) is 2. The number of aromatic nitrogens is 2. The predicted octanol–water partition coefficient (Wildman–Crippen LogP) is 3.77. The Morgan fingerprint density at radius 2 is 1.95 bits per heavy atom. The van der Waals surface area contributed by atoms with E-state index in [-0.39, 0.29) is 0 Å². The third-order valence-corrected chi connectivity index (χ3v) is 4.28. The van der Waals surface area contributed by atoms with Crippen LogP contribution in [-0.4, -0.2) is 16.1 Å². The molecule has 0 amide bonds. The molecule has 3 nitrogen and oxygen atoms in total. The van der Waals surface area contributed by atoms with E-state index in [9.17, 15) is 0 Å². The maximum Gasteiger partial charge on any atom is 0.0803 e. The van der Waals surface area contributed by atoms with Crippen LogP contribution >= 0.6 is 11.5 Å². The van der Waals surface area contributed by atoms with Gasteiger partial charge in [-0.25, -0.2) is 0 Å². The van der Waals surface area contributed by atoms with E-state index in [0.717, 1.165) is 32.2 Å². The Morgan fingerprint density at radius 3 is 2.65 bits per heavy atom. The van der Waals surface area contributed by atoms with Crippen molar-refractivity contribution < 1.29 is 0 Å². The van der Waals surface area contributed by atoms with Gasteiger partial charge in [0.1, 0.15) is 0 Å². The fourth-order valence-corrected chi connectivity index (χ4v) is 3.22. The first-order valence-electron chi connectivity index (χ1n) is 7.43. The molecule has 0 bridgehead atoms. The zero-order valence-electron chi connectivity index (χ0n) is 12.3. The average molecular weight is 289 g/mol. The van der Waals surface area contributed by atoms with E-state index >= 15 is 0 Å². The van der Waals surface area contributed by atoms with E-state index in [2.05, 4.69) is 59.1 Å². The summed E-state index contributed by atoms with van der Waals surface area (Å²) in [6.07, 6.45) is 4.33. The van der Waals surface area contributed by atoms with Gasteiger partial charge in [-0.1, -0.05) is 55.1 Å². The highest BCUT2D eigenvalue weighted by molar-refractivity contribution is 7.05. The van der Waals surface area contributed by atoms with Crippen molar-refractivity contribution in [3.63, 3.8) is 0 Å². The molecular weight excluding hydrogens is 266 g/mol. The summed E-state index contributed by atoms with van der Waals surface area (Å²) in [5, 5.41) is 7.88. The van der Waals surface area contributed by atoms with Gasteiger partial charge in [-0.2, -0.15) is 0 Å². The molecule has 20 heavy (non-hydrogen) atoms. The molecule has 1 heterocycles. The molecule has 1 aromatic heterocycles. The highest BCUT2D eigenvalue weighted by atomic mass is 32.1. The van der Waals surface area contributed by atoms with Crippen LogP contribution in [0.1, 0.15) is 48.9 Å². The minimum absolute atomic E-state index is 0.377. The Balaban J connectivity index is 2.04.